The lowest BCUT2D eigenvalue weighted by atomic mass is 10.4. The first kappa shape index (κ1) is 14.1. The average Bonchev–Trinajstić information content (AvgIpc) is 2.76. The van der Waals surface area contributed by atoms with E-state index in [1.165, 1.54) is 0 Å². The highest BCUT2D eigenvalue weighted by atomic mass is 16.5. The molecule has 18 heavy (non-hydrogen) atoms. The highest BCUT2D eigenvalue weighted by molar-refractivity contribution is 5.90. The van der Waals surface area contributed by atoms with Gasteiger partial charge in [-0.05, 0) is 6.92 Å². The van der Waals surface area contributed by atoms with Crippen molar-refractivity contribution in [2.24, 2.45) is 0 Å². The van der Waals surface area contributed by atoms with E-state index in [2.05, 4.69) is 25.8 Å². The van der Waals surface area contributed by atoms with Gasteiger partial charge in [-0.1, -0.05) is 0 Å². The van der Waals surface area contributed by atoms with Gasteiger partial charge in [0, 0.05) is 26.6 Å². The predicted molar refractivity (Wildman–Crippen MR) is 63.0 cm³/mol. The molecule has 0 aromatic carbocycles. The molecule has 0 fully saturated rings. The van der Waals surface area contributed by atoms with E-state index < -0.39 is 5.91 Å². The van der Waals surface area contributed by atoms with Gasteiger partial charge in [-0.2, -0.15) is 0 Å². The molecule has 1 heterocycles. The van der Waals surface area contributed by atoms with Crippen molar-refractivity contribution in [3.8, 4) is 0 Å². The summed E-state index contributed by atoms with van der Waals surface area (Å²) < 4.78 is 4.79. The van der Waals surface area contributed by atoms with Crippen LogP contribution in [0.2, 0.25) is 0 Å². The Balaban J connectivity index is 2.17. The third-order valence-electron chi connectivity index (χ3n) is 2.07. The van der Waals surface area contributed by atoms with Gasteiger partial charge in [0.2, 0.25) is 11.7 Å². The average molecular weight is 255 g/mol. The lowest BCUT2D eigenvalue weighted by molar-refractivity contribution is -0.121. The number of hydrogen-bond acceptors (Lipinski definition) is 5. The summed E-state index contributed by atoms with van der Waals surface area (Å²) in [6, 6.07) is 0. The van der Waals surface area contributed by atoms with E-state index >= 15 is 0 Å². The Labute approximate surface area is 105 Å². The van der Waals surface area contributed by atoms with Gasteiger partial charge < -0.3 is 15.4 Å². The van der Waals surface area contributed by atoms with Crippen molar-refractivity contribution < 1.29 is 14.3 Å². The summed E-state index contributed by atoms with van der Waals surface area (Å²) in [7, 11) is 1.56. The highest BCUT2D eigenvalue weighted by Gasteiger charge is 2.10. The van der Waals surface area contributed by atoms with E-state index in [4.69, 9.17) is 4.74 Å². The SMILES string of the molecule is COCCNC(=O)CCNC(=O)c1n[nH]c(C)n1. The number of nitrogens with one attached hydrogen (secondary N) is 3. The first-order valence-corrected chi connectivity index (χ1v) is 5.56. The van der Waals surface area contributed by atoms with Crippen molar-refractivity contribution in [1.82, 2.24) is 25.8 Å². The molecule has 0 aliphatic carbocycles. The van der Waals surface area contributed by atoms with Gasteiger partial charge in [0.05, 0.1) is 6.61 Å². The first-order chi connectivity index (χ1) is 8.63. The fourth-order valence-electron chi connectivity index (χ4n) is 1.19. The Morgan fingerprint density at radius 2 is 2.11 bits per heavy atom. The summed E-state index contributed by atoms with van der Waals surface area (Å²) in [6.45, 7) is 2.87. The van der Waals surface area contributed by atoms with Crippen LogP contribution < -0.4 is 10.6 Å². The number of H-pyrrole nitrogens is 1. The lowest BCUT2D eigenvalue weighted by Crippen LogP contribution is -2.32. The minimum Gasteiger partial charge on any atom is -0.383 e. The molecular formula is C10H17N5O3. The standard InChI is InChI=1S/C10H17N5O3/c1-7-13-9(15-14-7)10(17)12-4-3-8(16)11-5-6-18-2/h3-6H2,1-2H3,(H,11,16)(H,12,17)(H,13,14,15). The van der Waals surface area contributed by atoms with Gasteiger partial charge in [0.15, 0.2) is 0 Å². The van der Waals surface area contributed by atoms with Crippen LogP contribution in [0.3, 0.4) is 0 Å². The zero-order valence-corrected chi connectivity index (χ0v) is 10.4. The van der Waals surface area contributed by atoms with Crippen LogP contribution in [0.15, 0.2) is 0 Å². The minimum atomic E-state index is -0.399. The molecule has 8 heteroatoms. The molecule has 1 rings (SSSR count). The number of aromatic amines is 1. The Hall–Kier alpha value is -1.96. The minimum absolute atomic E-state index is 0.0762. The maximum Gasteiger partial charge on any atom is 0.290 e. The van der Waals surface area contributed by atoms with E-state index in [0.29, 0.717) is 19.0 Å². The van der Waals surface area contributed by atoms with Gasteiger partial charge in [-0.15, -0.1) is 5.10 Å². The third-order valence-corrected chi connectivity index (χ3v) is 2.07. The molecule has 0 spiro atoms. The summed E-state index contributed by atoms with van der Waals surface area (Å²) in [5, 5.41) is 11.5. The summed E-state index contributed by atoms with van der Waals surface area (Å²) in [4.78, 5) is 26.6. The number of aryl methyl sites for hydroxylation is 1. The number of rotatable bonds is 7. The molecule has 1 aromatic rings. The van der Waals surface area contributed by atoms with Crippen molar-refractivity contribution in [3.05, 3.63) is 11.6 Å². The van der Waals surface area contributed by atoms with Crippen molar-refractivity contribution in [3.63, 3.8) is 0 Å². The van der Waals surface area contributed by atoms with Crippen LogP contribution in [-0.2, 0) is 9.53 Å². The quantitative estimate of drug-likeness (QED) is 0.541. The van der Waals surface area contributed by atoms with Crippen LogP contribution in [0.1, 0.15) is 22.9 Å². The summed E-state index contributed by atoms with van der Waals surface area (Å²) >= 11 is 0. The Morgan fingerprint density at radius 3 is 2.72 bits per heavy atom. The maximum absolute atomic E-state index is 11.5. The molecule has 0 atom stereocenters. The van der Waals surface area contributed by atoms with E-state index in [9.17, 15) is 9.59 Å². The number of aromatic nitrogens is 3. The Kier molecular flexibility index (Phi) is 5.78. The molecule has 1 aromatic heterocycles. The van der Waals surface area contributed by atoms with Crippen LogP contribution in [0, 0.1) is 6.92 Å². The molecule has 2 amide bonds. The number of carbonyl (C=O) groups excluding carboxylic acids is 2. The smallest absolute Gasteiger partial charge is 0.290 e. The maximum atomic E-state index is 11.5. The van der Waals surface area contributed by atoms with Crippen LogP contribution in [0.25, 0.3) is 0 Å². The Morgan fingerprint density at radius 1 is 1.33 bits per heavy atom. The number of hydrogen-bond donors (Lipinski definition) is 3. The van der Waals surface area contributed by atoms with Crippen molar-refractivity contribution in [2.75, 3.05) is 26.8 Å². The van der Waals surface area contributed by atoms with E-state index in [0.717, 1.165) is 0 Å². The fraction of sp³-hybridized carbons (Fsp3) is 0.600. The van der Waals surface area contributed by atoms with Crippen molar-refractivity contribution >= 4 is 11.8 Å². The van der Waals surface area contributed by atoms with Crippen LogP contribution in [-0.4, -0.2) is 53.8 Å². The largest absolute Gasteiger partial charge is 0.383 e. The van der Waals surface area contributed by atoms with Gasteiger partial charge >= 0.3 is 0 Å². The van der Waals surface area contributed by atoms with Gasteiger partial charge in [0.25, 0.3) is 5.91 Å². The van der Waals surface area contributed by atoms with Crippen LogP contribution >= 0.6 is 0 Å². The fourth-order valence-corrected chi connectivity index (χ4v) is 1.19. The molecule has 0 aliphatic heterocycles. The molecule has 8 nitrogen and oxygen atoms in total. The molecule has 0 saturated carbocycles. The van der Waals surface area contributed by atoms with E-state index in [1.54, 1.807) is 14.0 Å². The number of amides is 2. The zero-order valence-electron chi connectivity index (χ0n) is 10.4. The Bertz CT molecular complexity index is 404. The summed E-state index contributed by atoms with van der Waals surface area (Å²) in [5.41, 5.74) is 0. The molecule has 3 N–H and O–H groups in total. The second-order valence-corrected chi connectivity index (χ2v) is 3.59. The molecule has 0 saturated heterocycles. The van der Waals surface area contributed by atoms with Crippen LogP contribution in [0.4, 0.5) is 0 Å². The normalized spacial score (nSPS) is 10.1. The van der Waals surface area contributed by atoms with Gasteiger partial charge in [0.1, 0.15) is 5.82 Å². The summed E-state index contributed by atoms with van der Waals surface area (Å²) in [5.74, 6) is 0.104. The van der Waals surface area contributed by atoms with E-state index in [-0.39, 0.29) is 24.7 Å². The molecule has 0 bridgehead atoms. The monoisotopic (exact) mass is 255 g/mol. The third kappa shape index (κ3) is 4.91. The van der Waals surface area contributed by atoms with Crippen molar-refractivity contribution in [2.45, 2.75) is 13.3 Å². The second kappa shape index (κ2) is 7.38. The molecular weight excluding hydrogens is 238 g/mol. The first-order valence-electron chi connectivity index (χ1n) is 5.56. The molecule has 0 radical (unpaired) electrons. The van der Waals surface area contributed by atoms with Gasteiger partial charge in [-0.3, -0.25) is 14.7 Å². The lowest BCUT2D eigenvalue weighted by Gasteiger charge is -2.04. The number of ether oxygens (including phenoxy) is 1. The highest BCUT2D eigenvalue weighted by Crippen LogP contribution is 1.90. The van der Waals surface area contributed by atoms with Crippen LogP contribution in [0.5, 0.6) is 0 Å². The second-order valence-electron chi connectivity index (χ2n) is 3.59. The zero-order chi connectivity index (χ0) is 13.4. The predicted octanol–water partition coefficient (Wildman–Crippen LogP) is -1.00. The summed E-state index contributed by atoms with van der Waals surface area (Å²) in [6.07, 6.45) is 0.207. The molecule has 100 valence electrons. The number of nitrogens with zero attached hydrogens (tertiary/aromatic N) is 2. The molecule has 0 aliphatic rings. The number of methoxy groups -OCH3 is 1. The van der Waals surface area contributed by atoms with E-state index in [1.807, 2.05) is 0 Å². The molecule has 0 unspecified atom stereocenters. The number of carbonyl (C=O) groups is 2. The van der Waals surface area contributed by atoms with Gasteiger partial charge in [-0.25, -0.2) is 4.98 Å². The van der Waals surface area contributed by atoms with Crippen molar-refractivity contribution in [1.29, 1.82) is 0 Å². The topological polar surface area (TPSA) is 109 Å².